The number of nitrogens with zero attached hydrogens (tertiary/aromatic N) is 4. The van der Waals surface area contributed by atoms with Crippen LogP contribution < -0.4 is 0 Å². The van der Waals surface area contributed by atoms with Crippen molar-refractivity contribution in [3.8, 4) is 0 Å². The number of hydrogen-bond donors (Lipinski definition) is 1. The third-order valence-corrected chi connectivity index (χ3v) is 3.24. The average Bonchev–Trinajstić information content (AvgIpc) is 2.88. The maximum Gasteiger partial charge on any atom is 0.150 e. The molecule has 0 aliphatic rings. The Kier molecular flexibility index (Phi) is 4.63. The number of rotatable bonds is 6. The van der Waals surface area contributed by atoms with Crippen LogP contribution in [0.5, 0.6) is 0 Å². The molecule has 102 valence electrons. The summed E-state index contributed by atoms with van der Waals surface area (Å²) in [5.41, 5.74) is 1.10. The van der Waals surface area contributed by atoms with Crippen molar-refractivity contribution < 1.29 is 0 Å². The monoisotopic (exact) mass is 259 g/mol. The highest BCUT2D eigenvalue weighted by atomic mass is 15.3. The van der Waals surface area contributed by atoms with Gasteiger partial charge in [-0.1, -0.05) is 19.9 Å². The molecule has 1 atom stereocenters. The van der Waals surface area contributed by atoms with Crippen molar-refractivity contribution in [3.05, 3.63) is 41.7 Å². The lowest BCUT2D eigenvalue weighted by Crippen LogP contribution is -2.25. The third kappa shape index (κ3) is 3.38. The first-order chi connectivity index (χ1) is 9.24. The topological polar surface area (TPSA) is 57.7 Å². The Morgan fingerprint density at radius 2 is 2.16 bits per heavy atom. The summed E-state index contributed by atoms with van der Waals surface area (Å²) < 4.78 is 0. The number of aromatic amines is 1. The summed E-state index contributed by atoms with van der Waals surface area (Å²) in [6, 6.07) is 6.35. The van der Waals surface area contributed by atoms with E-state index in [0.717, 1.165) is 36.7 Å². The van der Waals surface area contributed by atoms with Gasteiger partial charge in [0.2, 0.25) is 0 Å². The van der Waals surface area contributed by atoms with E-state index < -0.39 is 0 Å². The maximum absolute atomic E-state index is 4.45. The van der Waals surface area contributed by atoms with Gasteiger partial charge in [-0.15, -0.1) is 0 Å². The Labute approximate surface area is 114 Å². The summed E-state index contributed by atoms with van der Waals surface area (Å²) in [6.45, 7) is 4.98. The molecule has 5 heteroatoms. The molecule has 0 spiro atoms. The van der Waals surface area contributed by atoms with Gasteiger partial charge in [0.1, 0.15) is 11.6 Å². The van der Waals surface area contributed by atoms with E-state index in [2.05, 4.69) is 52.0 Å². The molecule has 0 amide bonds. The zero-order valence-electron chi connectivity index (χ0n) is 11.8. The Balaban J connectivity index is 2.06. The van der Waals surface area contributed by atoms with Crippen LogP contribution in [-0.4, -0.2) is 32.1 Å². The van der Waals surface area contributed by atoms with E-state index in [1.807, 2.05) is 18.3 Å². The molecule has 0 aliphatic carbocycles. The fourth-order valence-corrected chi connectivity index (χ4v) is 2.23. The van der Waals surface area contributed by atoms with Crippen LogP contribution in [0.3, 0.4) is 0 Å². The van der Waals surface area contributed by atoms with Crippen LogP contribution in [0.25, 0.3) is 0 Å². The fourth-order valence-electron chi connectivity index (χ4n) is 2.23. The molecule has 2 aromatic rings. The third-order valence-electron chi connectivity index (χ3n) is 3.24. The minimum atomic E-state index is 0.302. The lowest BCUT2D eigenvalue weighted by atomic mass is 10.1. The van der Waals surface area contributed by atoms with E-state index in [1.54, 1.807) is 0 Å². The molecule has 0 saturated carbocycles. The summed E-state index contributed by atoms with van der Waals surface area (Å²) in [5, 5.41) is 7.16. The van der Waals surface area contributed by atoms with Crippen molar-refractivity contribution in [2.45, 2.75) is 39.3 Å². The van der Waals surface area contributed by atoms with Crippen LogP contribution >= 0.6 is 0 Å². The van der Waals surface area contributed by atoms with Gasteiger partial charge >= 0.3 is 0 Å². The van der Waals surface area contributed by atoms with Crippen LogP contribution in [0.15, 0.2) is 24.4 Å². The van der Waals surface area contributed by atoms with Crippen LogP contribution in [-0.2, 0) is 13.0 Å². The average molecular weight is 259 g/mol. The summed E-state index contributed by atoms with van der Waals surface area (Å²) >= 11 is 0. The highest BCUT2D eigenvalue weighted by Gasteiger charge is 2.17. The second-order valence-electron chi connectivity index (χ2n) is 4.65. The van der Waals surface area contributed by atoms with Gasteiger partial charge in [-0.05, 0) is 25.6 Å². The summed E-state index contributed by atoms with van der Waals surface area (Å²) in [4.78, 5) is 11.1. The van der Waals surface area contributed by atoms with Gasteiger partial charge in [-0.25, -0.2) is 4.98 Å². The summed E-state index contributed by atoms with van der Waals surface area (Å²) in [7, 11) is 2.09. The second-order valence-corrected chi connectivity index (χ2v) is 4.65. The SMILES string of the molecule is CCc1n[nH]c(CN(C)[C@@H](CC)c2ccccn2)n1. The van der Waals surface area contributed by atoms with E-state index in [4.69, 9.17) is 0 Å². The van der Waals surface area contributed by atoms with Gasteiger partial charge in [0.05, 0.1) is 18.3 Å². The summed E-state index contributed by atoms with van der Waals surface area (Å²) in [6.07, 6.45) is 3.72. The van der Waals surface area contributed by atoms with Gasteiger partial charge in [0.15, 0.2) is 0 Å². The first-order valence-corrected chi connectivity index (χ1v) is 6.75. The molecule has 2 heterocycles. The van der Waals surface area contributed by atoms with Crippen molar-refractivity contribution >= 4 is 0 Å². The van der Waals surface area contributed by atoms with Gasteiger partial charge in [-0.2, -0.15) is 5.10 Å². The summed E-state index contributed by atoms with van der Waals surface area (Å²) in [5.74, 6) is 1.78. The minimum absolute atomic E-state index is 0.302. The van der Waals surface area contributed by atoms with Crippen LogP contribution in [0.1, 0.15) is 43.7 Å². The fraction of sp³-hybridized carbons (Fsp3) is 0.500. The molecule has 0 fully saturated rings. The largest absolute Gasteiger partial charge is 0.290 e. The number of hydrogen-bond acceptors (Lipinski definition) is 4. The molecule has 0 radical (unpaired) electrons. The van der Waals surface area contributed by atoms with Gasteiger partial charge in [0, 0.05) is 12.6 Å². The highest BCUT2D eigenvalue weighted by Crippen LogP contribution is 2.21. The van der Waals surface area contributed by atoms with Crippen molar-refractivity contribution in [1.82, 2.24) is 25.1 Å². The molecule has 2 aromatic heterocycles. The predicted molar refractivity (Wildman–Crippen MR) is 74.5 cm³/mol. The molecule has 0 saturated heterocycles. The maximum atomic E-state index is 4.45. The number of aryl methyl sites for hydroxylation is 1. The Hall–Kier alpha value is -1.75. The van der Waals surface area contributed by atoms with Crippen molar-refractivity contribution in [1.29, 1.82) is 0 Å². The number of nitrogens with one attached hydrogen (secondary N) is 1. The van der Waals surface area contributed by atoms with E-state index >= 15 is 0 Å². The Morgan fingerprint density at radius 1 is 1.32 bits per heavy atom. The quantitative estimate of drug-likeness (QED) is 0.865. The lowest BCUT2D eigenvalue weighted by molar-refractivity contribution is 0.221. The van der Waals surface area contributed by atoms with Crippen LogP contribution in [0.4, 0.5) is 0 Å². The molecular formula is C14H21N5. The van der Waals surface area contributed by atoms with Crippen molar-refractivity contribution in [2.24, 2.45) is 0 Å². The molecule has 0 aromatic carbocycles. The zero-order chi connectivity index (χ0) is 13.7. The molecule has 2 rings (SSSR count). The van der Waals surface area contributed by atoms with E-state index in [9.17, 15) is 0 Å². The minimum Gasteiger partial charge on any atom is -0.290 e. The molecule has 1 N–H and O–H groups in total. The molecule has 0 unspecified atom stereocenters. The molecule has 0 bridgehead atoms. The predicted octanol–water partition coefficient (Wildman–Crippen LogP) is 2.35. The number of aromatic nitrogens is 4. The van der Waals surface area contributed by atoms with Crippen molar-refractivity contribution in [3.63, 3.8) is 0 Å². The van der Waals surface area contributed by atoms with Crippen molar-refractivity contribution in [2.75, 3.05) is 7.05 Å². The number of pyridine rings is 1. The van der Waals surface area contributed by atoms with Gasteiger partial charge in [0.25, 0.3) is 0 Å². The first kappa shape index (κ1) is 13.7. The second kappa shape index (κ2) is 6.43. The van der Waals surface area contributed by atoms with Crippen LogP contribution in [0, 0.1) is 0 Å². The van der Waals surface area contributed by atoms with E-state index in [1.165, 1.54) is 0 Å². The lowest BCUT2D eigenvalue weighted by Gasteiger charge is -2.25. The molecule has 0 aliphatic heterocycles. The first-order valence-electron chi connectivity index (χ1n) is 6.75. The molecule has 19 heavy (non-hydrogen) atoms. The standard InChI is InChI=1S/C14H21N5/c1-4-12(11-8-6-7-9-15-11)19(3)10-14-16-13(5-2)17-18-14/h6-9,12H,4-5,10H2,1-3H3,(H,16,17,18)/t12-/m0/s1. The van der Waals surface area contributed by atoms with E-state index in [-0.39, 0.29) is 0 Å². The number of H-pyrrole nitrogens is 1. The molecule has 5 nitrogen and oxygen atoms in total. The normalized spacial score (nSPS) is 12.8. The van der Waals surface area contributed by atoms with Gasteiger partial charge < -0.3 is 0 Å². The molecular weight excluding hydrogens is 238 g/mol. The van der Waals surface area contributed by atoms with E-state index in [0.29, 0.717) is 6.04 Å². The Bertz CT molecular complexity index is 494. The zero-order valence-corrected chi connectivity index (χ0v) is 11.8. The smallest absolute Gasteiger partial charge is 0.150 e. The van der Waals surface area contributed by atoms with Crippen LogP contribution in [0.2, 0.25) is 0 Å². The van der Waals surface area contributed by atoms with Gasteiger partial charge in [-0.3, -0.25) is 15.0 Å². The Morgan fingerprint density at radius 3 is 2.74 bits per heavy atom. The highest BCUT2D eigenvalue weighted by molar-refractivity contribution is 5.08.